The van der Waals surface area contributed by atoms with E-state index in [0.717, 1.165) is 40.0 Å². The van der Waals surface area contributed by atoms with Crippen LogP contribution in [-0.2, 0) is 17.9 Å². The highest BCUT2D eigenvalue weighted by molar-refractivity contribution is 5.97. The van der Waals surface area contributed by atoms with Gasteiger partial charge in [-0.1, -0.05) is 42.5 Å². The molecule has 3 aromatic heterocycles. The minimum absolute atomic E-state index is 0.235. The quantitative estimate of drug-likeness (QED) is 0.315. The number of carbonyl (C=O) groups is 1. The van der Waals surface area contributed by atoms with Crippen molar-refractivity contribution in [1.29, 1.82) is 0 Å². The van der Waals surface area contributed by atoms with Crippen LogP contribution in [0.1, 0.15) is 18.1 Å². The van der Waals surface area contributed by atoms with Crippen LogP contribution in [0.4, 0.5) is 0 Å². The van der Waals surface area contributed by atoms with E-state index in [9.17, 15) is 4.79 Å². The summed E-state index contributed by atoms with van der Waals surface area (Å²) in [5.41, 5.74) is 12.7. The van der Waals surface area contributed by atoms with Gasteiger partial charge in [0.05, 0.1) is 22.1 Å². The highest BCUT2D eigenvalue weighted by atomic mass is 16.4. The molecule has 184 valence electrons. The molecule has 0 aliphatic heterocycles. The Hall–Kier alpha value is -4.89. The molecular formula is C28H24N6O3. The Morgan fingerprint density at radius 3 is 2.32 bits per heavy atom. The highest BCUT2D eigenvalue weighted by Crippen LogP contribution is 2.29. The topological polar surface area (TPSA) is 140 Å². The molecular weight excluding hydrogens is 468 g/mol. The van der Waals surface area contributed by atoms with Crippen LogP contribution in [0.2, 0.25) is 0 Å². The second kappa shape index (κ2) is 10.00. The molecule has 0 fully saturated rings. The number of carboxylic acid groups (broad SMARTS) is 1. The molecule has 37 heavy (non-hydrogen) atoms. The Labute approximate surface area is 211 Å². The largest absolute Gasteiger partial charge is 0.481 e. The lowest BCUT2D eigenvalue weighted by Crippen LogP contribution is -2.11. The summed E-state index contributed by atoms with van der Waals surface area (Å²) >= 11 is 0. The third kappa shape index (κ3) is 4.93. The number of nitrogens with one attached hydrogen (secondary N) is 1. The van der Waals surface area contributed by atoms with E-state index in [1.165, 1.54) is 0 Å². The van der Waals surface area contributed by atoms with Crippen LogP contribution in [0, 0.1) is 0 Å². The smallest absolute Gasteiger partial charge is 0.300 e. The van der Waals surface area contributed by atoms with Crippen LogP contribution in [0.15, 0.2) is 84.0 Å². The van der Waals surface area contributed by atoms with Crippen molar-refractivity contribution in [3.63, 3.8) is 0 Å². The van der Waals surface area contributed by atoms with Gasteiger partial charge in [0.2, 0.25) is 0 Å². The predicted molar refractivity (Wildman–Crippen MR) is 143 cm³/mol. The van der Waals surface area contributed by atoms with Crippen molar-refractivity contribution in [3.05, 3.63) is 101 Å². The number of H-pyrrole nitrogens is 1. The van der Waals surface area contributed by atoms with Gasteiger partial charge in [0.25, 0.3) is 11.5 Å². The number of hydrogen-bond acceptors (Lipinski definition) is 6. The number of carboxylic acids is 1. The maximum Gasteiger partial charge on any atom is 0.300 e. The molecule has 0 atom stereocenters. The summed E-state index contributed by atoms with van der Waals surface area (Å²) in [7, 11) is 0. The SMILES string of the molecule is CC(=O)O.NCc1ccc(Cn2cc(-c3nc4cc5nccnc5cc4[nH]c3=O)c3ccccc32)cc1. The Morgan fingerprint density at radius 1 is 0.973 bits per heavy atom. The highest BCUT2D eigenvalue weighted by Gasteiger charge is 2.16. The number of aromatic amines is 1. The van der Waals surface area contributed by atoms with E-state index in [1.807, 2.05) is 48.7 Å². The molecule has 6 rings (SSSR count). The Bertz CT molecular complexity index is 1800. The number of nitrogens with two attached hydrogens (primary N) is 1. The molecule has 0 bridgehead atoms. The lowest BCUT2D eigenvalue weighted by Gasteiger charge is -2.06. The van der Waals surface area contributed by atoms with E-state index in [1.54, 1.807) is 12.4 Å². The van der Waals surface area contributed by atoms with Crippen LogP contribution in [0.3, 0.4) is 0 Å². The van der Waals surface area contributed by atoms with Gasteiger partial charge in [-0.2, -0.15) is 0 Å². The molecule has 0 aliphatic carbocycles. The molecule has 4 N–H and O–H groups in total. The summed E-state index contributed by atoms with van der Waals surface area (Å²) in [5, 5.41) is 8.40. The summed E-state index contributed by atoms with van der Waals surface area (Å²) in [6.45, 7) is 2.28. The number of rotatable bonds is 4. The van der Waals surface area contributed by atoms with Gasteiger partial charge >= 0.3 is 0 Å². The zero-order valence-electron chi connectivity index (χ0n) is 20.0. The van der Waals surface area contributed by atoms with E-state index >= 15 is 0 Å². The molecule has 0 radical (unpaired) electrons. The number of hydrogen-bond donors (Lipinski definition) is 3. The van der Waals surface area contributed by atoms with Crippen LogP contribution < -0.4 is 11.3 Å². The molecule has 9 nitrogen and oxygen atoms in total. The van der Waals surface area contributed by atoms with Gasteiger partial charge in [-0.15, -0.1) is 0 Å². The van der Waals surface area contributed by atoms with Crippen molar-refractivity contribution in [2.75, 3.05) is 0 Å². The zero-order chi connectivity index (χ0) is 25.9. The third-order valence-corrected chi connectivity index (χ3v) is 5.94. The summed E-state index contributed by atoms with van der Waals surface area (Å²) in [6, 6.07) is 20.0. The fourth-order valence-electron chi connectivity index (χ4n) is 4.27. The number of fused-ring (bicyclic) bond motifs is 3. The van der Waals surface area contributed by atoms with Gasteiger partial charge in [-0.3, -0.25) is 19.6 Å². The first-order chi connectivity index (χ1) is 17.9. The Kier molecular flexibility index (Phi) is 6.44. The van der Waals surface area contributed by atoms with E-state index in [-0.39, 0.29) is 5.56 Å². The summed E-state index contributed by atoms with van der Waals surface area (Å²) in [6.07, 6.45) is 5.28. The van der Waals surface area contributed by atoms with E-state index in [2.05, 4.69) is 37.7 Å². The molecule has 3 heterocycles. The van der Waals surface area contributed by atoms with Gasteiger partial charge < -0.3 is 20.4 Å². The van der Waals surface area contributed by atoms with Crippen molar-refractivity contribution in [2.45, 2.75) is 20.0 Å². The van der Waals surface area contributed by atoms with Crippen molar-refractivity contribution in [3.8, 4) is 11.3 Å². The number of benzene rings is 3. The summed E-state index contributed by atoms with van der Waals surface area (Å²) in [4.78, 5) is 38.5. The molecule has 0 saturated carbocycles. The van der Waals surface area contributed by atoms with Gasteiger partial charge in [0.1, 0.15) is 5.69 Å². The van der Waals surface area contributed by atoms with Crippen molar-refractivity contribution < 1.29 is 9.90 Å². The van der Waals surface area contributed by atoms with Crippen molar-refractivity contribution in [2.24, 2.45) is 5.73 Å². The molecule has 0 aliphatic rings. The molecule has 6 aromatic rings. The second-order valence-corrected chi connectivity index (χ2v) is 8.56. The lowest BCUT2D eigenvalue weighted by molar-refractivity contribution is -0.134. The van der Waals surface area contributed by atoms with Gasteiger partial charge in [0, 0.05) is 55.1 Å². The standard InChI is InChI=1S/C26H20N6O.C2H4O2/c27-13-16-5-7-17(8-6-16)14-32-15-19(18-3-1-2-4-24(18)32)25-26(33)31-23-12-21-20(11-22(23)30-25)28-9-10-29-21;1-2(3)4/h1-12,15H,13-14,27H2,(H,31,33);1H3,(H,3,4). The molecule has 0 amide bonds. The minimum atomic E-state index is -0.833. The number of aliphatic carboxylic acids is 1. The second-order valence-electron chi connectivity index (χ2n) is 8.56. The first kappa shape index (κ1) is 23.8. The van der Waals surface area contributed by atoms with E-state index in [0.29, 0.717) is 35.3 Å². The lowest BCUT2D eigenvalue weighted by atomic mass is 10.1. The van der Waals surface area contributed by atoms with Gasteiger partial charge in [-0.05, 0) is 29.3 Å². The molecule has 0 spiro atoms. The fourth-order valence-corrected chi connectivity index (χ4v) is 4.27. The predicted octanol–water partition coefficient (Wildman–Crippen LogP) is 4.09. The number of para-hydroxylation sites is 1. The van der Waals surface area contributed by atoms with E-state index in [4.69, 9.17) is 20.6 Å². The number of aromatic nitrogens is 5. The van der Waals surface area contributed by atoms with Gasteiger partial charge in [-0.25, -0.2) is 4.98 Å². The summed E-state index contributed by atoms with van der Waals surface area (Å²) in [5.74, 6) is -0.833. The van der Waals surface area contributed by atoms with Crippen molar-refractivity contribution in [1.82, 2.24) is 24.5 Å². The molecule has 0 unspecified atom stereocenters. The van der Waals surface area contributed by atoms with Gasteiger partial charge in [0.15, 0.2) is 0 Å². The first-order valence-corrected chi connectivity index (χ1v) is 11.6. The molecule has 9 heteroatoms. The average Bonchev–Trinajstić information content (AvgIpc) is 3.25. The number of nitrogens with zero attached hydrogens (tertiary/aromatic N) is 4. The van der Waals surface area contributed by atoms with Crippen molar-refractivity contribution >= 4 is 38.9 Å². The van der Waals surface area contributed by atoms with Crippen LogP contribution in [-0.4, -0.2) is 35.6 Å². The zero-order valence-corrected chi connectivity index (χ0v) is 20.0. The first-order valence-electron chi connectivity index (χ1n) is 11.6. The maximum atomic E-state index is 13.1. The monoisotopic (exact) mass is 492 g/mol. The maximum absolute atomic E-state index is 13.1. The van der Waals surface area contributed by atoms with Crippen LogP contribution in [0.5, 0.6) is 0 Å². The minimum Gasteiger partial charge on any atom is -0.481 e. The Morgan fingerprint density at radius 2 is 1.62 bits per heavy atom. The normalized spacial score (nSPS) is 11.0. The molecule has 3 aromatic carbocycles. The molecule has 0 saturated heterocycles. The fraction of sp³-hybridized carbons (Fsp3) is 0.107. The third-order valence-electron chi connectivity index (χ3n) is 5.94. The summed E-state index contributed by atoms with van der Waals surface area (Å²) < 4.78 is 2.15. The van der Waals surface area contributed by atoms with E-state index < -0.39 is 5.97 Å². The Balaban J connectivity index is 0.000000655. The van der Waals surface area contributed by atoms with Crippen LogP contribution >= 0.6 is 0 Å². The average molecular weight is 493 g/mol. The van der Waals surface area contributed by atoms with Crippen LogP contribution in [0.25, 0.3) is 44.2 Å².